The Kier molecular flexibility index (Phi) is 4.02. The van der Waals surface area contributed by atoms with Crippen LogP contribution in [0.3, 0.4) is 0 Å². The molecule has 90 valence electrons. The number of thioether (sulfide) groups is 1. The summed E-state index contributed by atoms with van der Waals surface area (Å²) in [4.78, 5) is 4.76. The van der Waals surface area contributed by atoms with Crippen LogP contribution in [-0.2, 0) is 5.75 Å². The Morgan fingerprint density at radius 1 is 1.35 bits per heavy atom. The van der Waals surface area contributed by atoms with E-state index in [0.29, 0.717) is 16.6 Å². The molecule has 1 heterocycles. The number of benzene rings is 1. The number of aromatic nitrogens is 2. The van der Waals surface area contributed by atoms with E-state index in [0.717, 1.165) is 9.46 Å². The van der Waals surface area contributed by atoms with Crippen molar-refractivity contribution in [1.29, 1.82) is 0 Å². The summed E-state index contributed by atoms with van der Waals surface area (Å²) in [6.45, 7) is -2.56. The van der Waals surface area contributed by atoms with Gasteiger partial charge in [-0.15, -0.1) is 11.8 Å². The molecule has 0 saturated carbocycles. The van der Waals surface area contributed by atoms with Crippen molar-refractivity contribution in [3.05, 3.63) is 47.5 Å². The van der Waals surface area contributed by atoms with Crippen molar-refractivity contribution >= 4 is 23.4 Å². The molecule has 2 nitrogen and oxygen atoms in total. The number of nitrogens with zero attached hydrogens (tertiary/aromatic N) is 2. The van der Waals surface area contributed by atoms with Gasteiger partial charge in [0.25, 0.3) is 0 Å². The number of imidazole rings is 1. The van der Waals surface area contributed by atoms with Crippen LogP contribution < -0.4 is 0 Å². The molecule has 0 saturated heterocycles. The van der Waals surface area contributed by atoms with Crippen molar-refractivity contribution in [1.82, 2.24) is 9.55 Å². The van der Waals surface area contributed by atoms with E-state index in [1.54, 1.807) is 6.07 Å². The quantitative estimate of drug-likeness (QED) is 0.777. The summed E-state index contributed by atoms with van der Waals surface area (Å²) in [6, 6.07) is 7.30. The van der Waals surface area contributed by atoms with Gasteiger partial charge >= 0.3 is 6.55 Å². The van der Waals surface area contributed by atoms with Gasteiger partial charge in [-0.05, 0) is 12.1 Å². The topological polar surface area (TPSA) is 17.8 Å². The average Bonchev–Trinajstić information content (AvgIpc) is 2.76. The molecule has 0 unspecified atom stereocenters. The fourth-order valence-corrected chi connectivity index (χ4v) is 2.53. The second kappa shape index (κ2) is 5.51. The van der Waals surface area contributed by atoms with Gasteiger partial charge in [-0.2, -0.15) is 8.78 Å². The first kappa shape index (κ1) is 12.4. The number of halogens is 3. The lowest BCUT2D eigenvalue weighted by Gasteiger charge is -2.06. The van der Waals surface area contributed by atoms with E-state index in [4.69, 9.17) is 11.6 Å². The minimum Gasteiger partial charge on any atom is -0.277 e. The van der Waals surface area contributed by atoms with Crippen LogP contribution in [0.2, 0.25) is 5.02 Å². The molecule has 1 aromatic heterocycles. The number of hydrogen-bond donors (Lipinski definition) is 0. The van der Waals surface area contributed by atoms with E-state index in [2.05, 4.69) is 4.98 Å². The van der Waals surface area contributed by atoms with Crippen LogP contribution in [0.25, 0.3) is 0 Å². The Morgan fingerprint density at radius 2 is 2.12 bits per heavy atom. The second-order valence-corrected chi connectivity index (χ2v) is 4.67. The summed E-state index contributed by atoms with van der Waals surface area (Å²) < 4.78 is 26.0. The smallest absolute Gasteiger partial charge is 0.277 e. The summed E-state index contributed by atoms with van der Waals surface area (Å²) >= 11 is 7.36. The largest absolute Gasteiger partial charge is 0.319 e. The van der Waals surface area contributed by atoms with Gasteiger partial charge < -0.3 is 0 Å². The van der Waals surface area contributed by atoms with Crippen LogP contribution in [0.4, 0.5) is 8.78 Å². The van der Waals surface area contributed by atoms with E-state index in [1.165, 1.54) is 24.2 Å². The monoisotopic (exact) mass is 274 g/mol. The maximum atomic E-state index is 12.6. The highest BCUT2D eigenvalue weighted by Crippen LogP contribution is 2.29. The highest BCUT2D eigenvalue weighted by atomic mass is 35.5. The van der Waals surface area contributed by atoms with Crippen LogP contribution in [0.15, 0.2) is 41.6 Å². The fourth-order valence-electron chi connectivity index (χ4n) is 1.34. The first-order valence-electron chi connectivity index (χ1n) is 4.85. The van der Waals surface area contributed by atoms with Gasteiger partial charge in [0.2, 0.25) is 0 Å². The molecule has 6 heteroatoms. The predicted molar refractivity (Wildman–Crippen MR) is 64.5 cm³/mol. The fraction of sp³-hybridized carbons (Fsp3) is 0.182. The maximum absolute atomic E-state index is 12.6. The highest BCUT2D eigenvalue weighted by molar-refractivity contribution is 7.98. The summed E-state index contributed by atoms with van der Waals surface area (Å²) in [5.74, 6) is 0.700. The molecule has 0 N–H and O–H groups in total. The van der Waals surface area contributed by atoms with Crippen molar-refractivity contribution in [2.24, 2.45) is 0 Å². The predicted octanol–water partition coefficient (Wildman–Crippen LogP) is 4.22. The average molecular weight is 275 g/mol. The lowest BCUT2D eigenvalue weighted by molar-refractivity contribution is 0.0678. The van der Waals surface area contributed by atoms with Crippen molar-refractivity contribution in [3.63, 3.8) is 0 Å². The molecule has 0 aliphatic carbocycles. The molecular weight excluding hydrogens is 266 g/mol. The molecule has 0 fully saturated rings. The zero-order valence-corrected chi connectivity index (χ0v) is 10.3. The molecular formula is C11H9ClF2N2S. The van der Waals surface area contributed by atoms with Crippen molar-refractivity contribution < 1.29 is 8.78 Å². The lowest BCUT2D eigenvalue weighted by Crippen LogP contribution is -2.01. The third-order valence-corrected chi connectivity index (χ3v) is 3.66. The molecule has 0 amide bonds. The van der Waals surface area contributed by atoms with Crippen molar-refractivity contribution in [2.75, 3.05) is 0 Å². The molecule has 2 aromatic rings. The number of alkyl halides is 2. The summed E-state index contributed by atoms with van der Waals surface area (Å²) in [5, 5.41) is 0.618. The third-order valence-electron chi connectivity index (χ3n) is 2.15. The van der Waals surface area contributed by atoms with Gasteiger partial charge in [-0.25, -0.2) is 4.98 Å². The van der Waals surface area contributed by atoms with Crippen LogP contribution >= 0.6 is 23.4 Å². The first-order valence-corrected chi connectivity index (χ1v) is 6.22. The molecule has 0 atom stereocenters. The maximum Gasteiger partial charge on any atom is 0.319 e. The Labute approximate surface area is 107 Å². The highest BCUT2D eigenvalue weighted by Gasteiger charge is 2.11. The number of hydrogen-bond acceptors (Lipinski definition) is 2. The van der Waals surface area contributed by atoms with Crippen molar-refractivity contribution in [3.8, 4) is 0 Å². The minimum atomic E-state index is -2.56. The molecule has 0 bridgehead atoms. The van der Waals surface area contributed by atoms with Crippen LogP contribution in [0, 0.1) is 0 Å². The van der Waals surface area contributed by atoms with Gasteiger partial charge in [-0.3, -0.25) is 4.57 Å². The molecule has 0 radical (unpaired) electrons. The van der Waals surface area contributed by atoms with E-state index in [9.17, 15) is 8.78 Å². The van der Waals surface area contributed by atoms with Gasteiger partial charge in [0.05, 0.1) is 10.8 Å². The van der Waals surface area contributed by atoms with Gasteiger partial charge in [-0.1, -0.05) is 23.7 Å². The summed E-state index contributed by atoms with van der Waals surface area (Å²) in [7, 11) is 0. The van der Waals surface area contributed by atoms with Crippen LogP contribution in [0.5, 0.6) is 0 Å². The van der Waals surface area contributed by atoms with Gasteiger partial charge in [0.15, 0.2) is 0 Å². The van der Waals surface area contributed by atoms with Gasteiger partial charge in [0, 0.05) is 17.3 Å². The summed E-state index contributed by atoms with van der Waals surface area (Å²) in [6.07, 6.45) is 2.64. The number of rotatable bonds is 4. The lowest BCUT2D eigenvalue weighted by atomic mass is 10.4. The van der Waals surface area contributed by atoms with E-state index < -0.39 is 6.55 Å². The Morgan fingerprint density at radius 3 is 2.82 bits per heavy atom. The Hall–Kier alpha value is -1.07. The molecule has 1 aromatic carbocycles. The molecule has 2 rings (SSSR count). The van der Waals surface area contributed by atoms with Crippen molar-refractivity contribution in [2.45, 2.75) is 17.2 Å². The van der Waals surface area contributed by atoms with E-state index in [1.807, 2.05) is 18.2 Å². The first-order chi connectivity index (χ1) is 8.18. The minimum absolute atomic E-state index is 0.338. The van der Waals surface area contributed by atoms with E-state index in [-0.39, 0.29) is 0 Å². The van der Waals surface area contributed by atoms with E-state index >= 15 is 0 Å². The normalized spacial score (nSPS) is 11.1. The molecule has 0 aliphatic heterocycles. The molecule has 0 spiro atoms. The zero-order valence-electron chi connectivity index (χ0n) is 8.69. The van der Waals surface area contributed by atoms with Crippen LogP contribution in [-0.4, -0.2) is 9.55 Å². The second-order valence-electron chi connectivity index (χ2n) is 3.25. The molecule has 0 aliphatic rings. The summed E-state index contributed by atoms with van der Waals surface area (Å²) in [5.41, 5.74) is 0. The zero-order chi connectivity index (χ0) is 12.3. The Balaban J connectivity index is 2.08. The Bertz CT molecular complexity index is 502. The molecule has 17 heavy (non-hydrogen) atoms. The third kappa shape index (κ3) is 2.98. The SMILES string of the molecule is FC(F)n1ccnc1CSc1ccccc1Cl. The van der Waals surface area contributed by atoms with Gasteiger partial charge in [0.1, 0.15) is 5.82 Å². The standard InChI is InChI=1S/C11H9ClF2N2S/c12-8-3-1-2-4-9(8)17-7-10-15-5-6-16(10)11(13)14/h1-6,11H,7H2. The van der Waals surface area contributed by atoms with Crippen LogP contribution in [0.1, 0.15) is 12.4 Å².